The molecule has 0 spiro atoms. The van der Waals surface area contributed by atoms with Gasteiger partial charge in [-0.05, 0) is 29.3 Å². The van der Waals surface area contributed by atoms with E-state index < -0.39 is 0 Å². The van der Waals surface area contributed by atoms with Crippen LogP contribution in [0.2, 0.25) is 0 Å². The fourth-order valence-corrected chi connectivity index (χ4v) is 3.28. The fourth-order valence-electron chi connectivity index (χ4n) is 2.93. The summed E-state index contributed by atoms with van der Waals surface area (Å²) in [5.74, 6) is 0.831. The monoisotopic (exact) mass is 373 g/mol. The molecule has 2 aromatic heterocycles. The lowest BCUT2D eigenvalue weighted by Gasteiger charge is -2.10. The Morgan fingerprint density at radius 3 is 2.67 bits per heavy atom. The highest BCUT2D eigenvalue weighted by molar-refractivity contribution is 7.99. The van der Waals surface area contributed by atoms with Crippen LogP contribution in [0.3, 0.4) is 0 Å². The van der Waals surface area contributed by atoms with Crippen molar-refractivity contribution in [3.63, 3.8) is 0 Å². The van der Waals surface area contributed by atoms with Crippen LogP contribution in [0.25, 0.3) is 22.0 Å². The second kappa shape index (κ2) is 8.05. The molecule has 0 radical (unpaired) electrons. The second-order valence-corrected chi connectivity index (χ2v) is 6.67. The Morgan fingerprint density at radius 1 is 0.926 bits per heavy atom. The first kappa shape index (κ1) is 17.3. The van der Waals surface area contributed by atoms with Crippen LogP contribution in [0.4, 0.5) is 11.5 Å². The molecule has 0 aliphatic heterocycles. The van der Waals surface area contributed by atoms with Gasteiger partial charge in [0.05, 0.1) is 17.4 Å². The number of hydrogen-bond acceptors (Lipinski definition) is 6. The molecule has 27 heavy (non-hydrogen) atoms. The van der Waals surface area contributed by atoms with Crippen LogP contribution in [-0.2, 0) is 6.54 Å². The summed E-state index contributed by atoms with van der Waals surface area (Å²) in [4.78, 5) is 13.2. The van der Waals surface area contributed by atoms with Crippen molar-refractivity contribution in [3.05, 3.63) is 78.9 Å². The van der Waals surface area contributed by atoms with Crippen molar-refractivity contribution in [2.45, 2.75) is 6.54 Å². The standard InChI is InChI=1S/C21H19N5S/c1-27-26-18-9-17(12-22-13-18)16-7-8-20-19(10-16)21(25-14-24-20)23-11-15-5-3-2-4-6-15/h2-10,12-14,26H,11H2,1H3,(H,23,24,25). The van der Waals surface area contributed by atoms with Crippen LogP contribution in [-0.4, -0.2) is 21.2 Å². The third-order valence-electron chi connectivity index (χ3n) is 4.23. The second-order valence-electron chi connectivity index (χ2n) is 6.06. The molecule has 0 saturated carbocycles. The van der Waals surface area contributed by atoms with Crippen molar-refractivity contribution < 1.29 is 0 Å². The third kappa shape index (κ3) is 4.01. The Bertz CT molecular complexity index is 1050. The Kier molecular flexibility index (Phi) is 5.16. The molecule has 5 nitrogen and oxygen atoms in total. The van der Waals surface area contributed by atoms with Gasteiger partial charge in [0.2, 0.25) is 0 Å². The van der Waals surface area contributed by atoms with Crippen molar-refractivity contribution in [2.24, 2.45) is 0 Å². The highest BCUT2D eigenvalue weighted by Gasteiger charge is 2.07. The summed E-state index contributed by atoms with van der Waals surface area (Å²) in [6, 6.07) is 18.6. The minimum Gasteiger partial charge on any atom is -0.365 e. The van der Waals surface area contributed by atoms with E-state index in [-0.39, 0.29) is 0 Å². The van der Waals surface area contributed by atoms with Gasteiger partial charge < -0.3 is 10.0 Å². The Hall–Kier alpha value is -3.12. The summed E-state index contributed by atoms with van der Waals surface area (Å²) in [5.41, 5.74) is 5.23. The van der Waals surface area contributed by atoms with Crippen molar-refractivity contribution in [2.75, 3.05) is 16.3 Å². The summed E-state index contributed by atoms with van der Waals surface area (Å²) in [6.45, 7) is 0.714. The van der Waals surface area contributed by atoms with Crippen molar-refractivity contribution in [3.8, 4) is 11.1 Å². The zero-order chi connectivity index (χ0) is 18.5. The number of pyridine rings is 1. The molecule has 0 aliphatic carbocycles. The lowest BCUT2D eigenvalue weighted by atomic mass is 10.0. The van der Waals surface area contributed by atoms with Gasteiger partial charge in [0.15, 0.2) is 0 Å². The van der Waals surface area contributed by atoms with E-state index in [2.05, 4.69) is 55.3 Å². The molecular weight excluding hydrogens is 354 g/mol. The SMILES string of the molecule is CSNc1cncc(-c2ccc3ncnc(NCc4ccccc4)c3c2)c1. The predicted octanol–water partition coefficient (Wildman–Crippen LogP) is 4.99. The first-order valence-electron chi connectivity index (χ1n) is 8.60. The lowest BCUT2D eigenvalue weighted by molar-refractivity contribution is 1.10. The highest BCUT2D eigenvalue weighted by Crippen LogP contribution is 2.28. The zero-order valence-electron chi connectivity index (χ0n) is 14.9. The summed E-state index contributed by atoms with van der Waals surface area (Å²) < 4.78 is 3.22. The van der Waals surface area contributed by atoms with E-state index in [0.717, 1.165) is 33.5 Å². The molecule has 4 aromatic rings. The molecular formula is C21H19N5S. The Balaban J connectivity index is 1.67. The van der Waals surface area contributed by atoms with Crippen LogP contribution in [0.15, 0.2) is 73.3 Å². The molecule has 134 valence electrons. The minimum absolute atomic E-state index is 0.714. The van der Waals surface area contributed by atoms with E-state index in [4.69, 9.17) is 0 Å². The summed E-state index contributed by atoms with van der Waals surface area (Å²) in [6.07, 6.45) is 7.27. The van der Waals surface area contributed by atoms with Gasteiger partial charge in [0, 0.05) is 29.9 Å². The van der Waals surface area contributed by atoms with Gasteiger partial charge in [0.1, 0.15) is 12.1 Å². The van der Waals surface area contributed by atoms with Crippen LogP contribution in [0.5, 0.6) is 0 Å². The number of fused-ring (bicyclic) bond motifs is 1. The molecule has 0 saturated heterocycles. The largest absolute Gasteiger partial charge is 0.365 e. The molecule has 0 bridgehead atoms. The normalized spacial score (nSPS) is 10.7. The number of benzene rings is 2. The molecule has 2 N–H and O–H groups in total. The van der Waals surface area contributed by atoms with E-state index >= 15 is 0 Å². The number of aromatic nitrogens is 3. The fraction of sp³-hybridized carbons (Fsp3) is 0.0952. The van der Waals surface area contributed by atoms with Crippen molar-refractivity contribution in [1.29, 1.82) is 0 Å². The van der Waals surface area contributed by atoms with Gasteiger partial charge >= 0.3 is 0 Å². The van der Waals surface area contributed by atoms with E-state index in [1.54, 1.807) is 18.3 Å². The van der Waals surface area contributed by atoms with Gasteiger partial charge in [-0.1, -0.05) is 48.3 Å². The number of anilines is 2. The van der Waals surface area contributed by atoms with Crippen molar-refractivity contribution in [1.82, 2.24) is 15.0 Å². The van der Waals surface area contributed by atoms with Crippen LogP contribution < -0.4 is 10.0 Å². The number of nitrogens with zero attached hydrogens (tertiary/aromatic N) is 3. The molecule has 2 aromatic carbocycles. The molecule has 0 aliphatic rings. The average molecular weight is 373 g/mol. The maximum absolute atomic E-state index is 4.45. The quantitative estimate of drug-likeness (QED) is 0.464. The maximum Gasteiger partial charge on any atom is 0.137 e. The summed E-state index contributed by atoms with van der Waals surface area (Å²) in [5, 5.41) is 4.43. The molecule has 2 heterocycles. The predicted molar refractivity (Wildman–Crippen MR) is 114 cm³/mol. The lowest BCUT2D eigenvalue weighted by Crippen LogP contribution is -2.02. The maximum atomic E-state index is 4.45. The molecule has 0 atom stereocenters. The number of hydrogen-bond donors (Lipinski definition) is 2. The van der Waals surface area contributed by atoms with Gasteiger partial charge in [-0.15, -0.1) is 0 Å². The summed E-state index contributed by atoms with van der Waals surface area (Å²) in [7, 11) is 0. The average Bonchev–Trinajstić information content (AvgIpc) is 2.73. The molecule has 6 heteroatoms. The highest BCUT2D eigenvalue weighted by atomic mass is 32.2. The van der Waals surface area contributed by atoms with Gasteiger partial charge in [-0.3, -0.25) is 4.98 Å². The van der Waals surface area contributed by atoms with E-state index in [1.165, 1.54) is 5.56 Å². The van der Waals surface area contributed by atoms with E-state index in [0.29, 0.717) is 6.54 Å². The van der Waals surface area contributed by atoms with E-state index in [1.807, 2.05) is 42.9 Å². The van der Waals surface area contributed by atoms with Gasteiger partial charge in [-0.2, -0.15) is 0 Å². The smallest absolute Gasteiger partial charge is 0.137 e. The zero-order valence-corrected chi connectivity index (χ0v) is 15.7. The third-order valence-corrected chi connectivity index (χ3v) is 4.67. The molecule has 4 rings (SSSR count). The number of rotatable bonds is 6. The van der Waals surface area contributed by atoms with Gasteiger partial charge in [0.25, 0.3) is 0 Å². The van der Waals surface area contributed by atoms with Crippen LogP contribution in [0.1, 0.15) is 5.56 Å². The molecule has 0 fully saturated rings. The minimum atomic E-state index is 0.714. The topological polar surface area (TPSA) is 62.7 Å². The Morgan fingerprint density at radius 2 is 1.81 bits per heavy atom. The first-order chi connectivity index (χ1) is 13.3. The summed E-state index contributed by atoms with van der Waals surface area (Å²) >= 11 is 1.55. The van der Waals surface area contributed by atoms with Crippen LogP contribution >= 0.6 is 11.9 Å². The first-order valence-corrected chi connectivity index (χ1v) is 9.83. The number of nitrogens with one attached hydrogen (secondary N) is 2. The van der Waals surface area contributed by atoms with Crippen LogP contribution in [0, 0.1) is 0 Å². The van der Waals surface area contributed by atoms with Crippen molar-refractivity contribution >= 4 is 34.4 Å². The van der Waals surface area contributed by atoms with E-state index in [9.17, 15) is 0 Å². The molecule has 0 unspecified atom stereocenters. The molecule has 0 amide bonds. The Labute approximate surface area is 162 Å². The van der Waals surface area contributed by atoms with Gasteiger partial charge in [-0.25, -0.2) is 9.97 Å².